The molecule has 2 rings (SSSR count). The average molecular weight is 291 g/mol. The zero-order valence-corrected chi connectivity index (χ0v) is 13.6. The van der Waals surface area contributed by atoms with Gasteiger partial charge in [0.2, 0.25) is 0 Å². The standard InChI is InChI=1S/C15H25N5O/c1-6-11-9-12(19(7-2)18-11)14(16-4)15-13(21-5)10-17-20(15)8-3/h9-10,14,16H,6-8H2,1-5H3. The summed E-state index contributed by atoms with van der Waals surface area (Å²) in [5, 5.41) is 12.4. The van der Waals surface area contributed by atoms with Crippen LogP contribution >= 0.6 is 0 Å². The minimum absolute atomic E-state index is 0.00940. The van der Waals surface area contributed by atoms with E-state index >= 15 is 0 Å². The predicted octanol–water partition coefficient (Wildman–Crippen LogP) is 2.00. The van der Waals surface area contributed by atoms with Gasteiger partial charge in [-0.15, -0.1) is 0 Å². The van der Waals surface area contributed by atoms with Crippen LogP contribution in [-0.4, -0.2) is 33.7 Å². The summed E-state index contributed by atoms with van der Waals surface area (Å²) >= 11 is 0. The van der Waals surface area contributed by atoms with E-state index in [1.807, 2.05) is 16.4 Å². The number of ether oxygens (including phenoxy) is 1. The van der Waals surface area contributed by atoms with Gasteiger partial charge in [0, 0.05) is 13.1 Å². The van der Waals surface area contributed by atoms with Crippen molar-refractivity contribution in [2.75, 3.05) is 14.2 Å². The molecule has 0 amide bonds. The van der Waals surface area contributed by atoms with Crippen molar-refractivity contribution in [3.8, 4) is 5.75 Å². The van der Waals surface area contributed by atoms with Crippen LogP contribution in [-0.2, 0) is 19.5 Å². The van der Waals surface area contributed by atoms with Crippen molar-refractivity contribution in [3.05, 3.63) is 29.3 Å². The maximum absolute atomic E-state index is 5.49. The molecule has 0 saturated carbocycles. The molecule has 0 aliphatic rings. The van der Waals surface area contributed by atoms with Gasteiger partial charge in [0.15, 0.2) is 5.75 Å². The fraction of sp³-hybridized carbons (Fsp3) is 0.600. The second-order valence-electron chi connectivity index (χ2n) is 4.87. The van der Waals surface area contributed by atoms with Gasteiger partial charge in [-0.3, -0.25) is 9.36 Å². The van der Waals surface area contributed by atoms with Crippen LogP contribution in [0.5, 0.6) is 5.75 Å². The largest absolute Gasteiger partial charge is 0.493 e. The van der Waals surface area contributed by atoms with Gasteiger partial charge < -0.3 is 10.1 Å². The Hall–Kier alpha value is -1.82. The van der Waals surface area contributed by atoms with Crippen LogP contribution in [0.4, 0.5) is 0 Å². The molecule has 6 nitrogen and oxygen atoms in total. The Morgan fingerprint density at radius 1 is 1.24 bits per heavy atom. The Morgan fingerprint density at radius 2 is 1.95 bits per heavy atom. The minimum atomic E-state index is 0.00940. The first-order valence-electron chi connectivity index (χ1n) is 7.53. The smallest absolute Gasteiger partial charge is 0.161 e. The van der Waals surface area contributed by atoms with E-state index in [1.54, 1.807) is 13.3 Å². The molecular weight excluding hydrogens is 266 g/mol. The Kier molecular flexibility index (Phi) is 5.01. The van der Waals surface area contributed by atoms with Crippen molar-refractivity contribution in [1.82, 2.24) is 24.9 Å². The van der Waals surface area contributed by atoms with Crippen LogP contribution < -0.4 is 10.1 Å². The van der Waals surface area contributed by atoms with Gasteiger partial charge >= 0.3 is 0 Å². The quantitative estimate of drug-likeness (QED) is 0.847. The highest BCUT2D eigenvalue weighted by atomic mass is 16.5. The molecule has 6 heteroatoms. The zero-order valence-electron chi connectivity index (χ0n) is 13.6. The summed E-state index contributed by atoms with van der Waals surface area (Å²) in [6.07, 6.45) is 2.71. The molecule has 21 heavy (non-hydrogen) atoms. The molecular formula is C15H25N5O. The van der Waals surface area contributed by atoms with Crippen molar-refractivity contribution in [3.63, 3.8) is 0 Å². The van der Waals surface area contributed by atoms with Crippen LogP contribution in [0.3, 0.4) is 0 Å². The van der Waals surface area contributed by atoms with Gasteiger partial charge in [-0.05, 0) is 33.4 Å². The molecule has 116 valence electrons. The molecule has 2 heterocycles. The van der Waals surface area contributed by atoms with Crippen LogP contribution in [0.1, 0.15) is 43.9 Å². The van der Waals surface area contributed by atoms with Gasteiger partial charge in [0.25, 0.3) is 0 Å². The summed E-state index contributed by atoms with van der Waals surface area (Å²) in [5.41, 5.74) is 3.29. The van der Waals surface area contributed by atoms with E-state index in [0.717, 1.165) is 42.3 Å². The summed E-state index contributed by atoms with van der Waals surface area (Å²) in [4.78, 5) is 0. The molecule has 1 unspecified atom stereocenters. The van der Waals surface area contributed by atoms with Crippen molar-refractivity contribution in [2.45, 2.75) is 46.3 Å². The maximum Gasteiger partial charge on any atom is 0.161 e. The Labute approximate surface area is 126 Å². The van der Waals surface area contributed by atoms with Gasteiger partial charge in [-0.1, -0.05) is 6.92 Å². The Morgan fingerprint density at radius 3 is 2.48 bits per heavy atom. The first kappa shape index (κ1) is 15.6. The third kappa shape index (κ3) is 2.81. The van der Waals surface area contributed by atoms with E-state index < -0.39 is 0 Å². The topological polar surface area (TPSA) is 56.9 Å². The molecule has 0 aromatic carbocycles. The highest BCUT2D eigenvalue weighted by Crippen LogP contribution is 2.30. The molecule has 0 radical (unpaired) electrons. The molecule has 0 spiro atoms. The summed E-state index contributed by atoms with van der Waals surface area (Å²) in [5.74, 6) is 0.804. The highest BCUT2D eigenvalue weighted by Gasteiger charge is 2.25. The number of nitrogens with zero attached hydrogens (tertiary/aromatic N) is 4. The minimum Gasteiger partial charge on any atom is -0.493 e. The number of rotatable bonds is 7. The monoisotopic (exact) mass is 291 g/mol. The van der Waals surface area contributed by atoms with E-state index in [9.17, 15) is 0 Å². The second kappa shape index (κ2) is 6.76. The molecule has 0 aliphatic carbocycles. The third-order valence-electron chi connectivity index (χ3n) is 3.75. The number of hydrogen-bond acceptors (Lipinski definition) is 4. The van der Waals surface area contributed by atoms with Crippen LogP contribution in [0.2, 0.25) is 0 Å². The number of methoxy groups -OCH3 is 1. The molecule has 1 N–H and O–H groups in total. The van der Waals surface area contributed by atoms with Crippen molar-refractivity contribution >= 4 is 0 Å². The summed E-state index contributed by atoms with van der Waals surface area (Å²) in [7, 11) is 3.64. The molecule has 1 atom stereocenters. The van der Waals surface area contributed by atoms with Crippen molar-refractivity contribution < 1.29 is 4.74 Å². The maximum atomic E-state index is 5.49. The lowest BCUT2D eigenvalue weighted by atomic mass is 10.1. The van der Waals surface area contributed by atoms with Crippen LogP contribution in [0.15, 0.2) is 12.3 Å². The van der Waals surface area contributed by atoms with E-state index in [0.29, 0.717) is 0 Å². The van der Waals surface area contributed by atoms with Gasteiger partial charge in [-0.25, -0.2) is 0 Å². The summed E-state index contributed by atoms with van der Waals surface area (Å²) < 4.78 is 9.50. The number of aryl methyl sites for hydroxylation is 3. The fourth-order valence-electron chi connectivity index (χ4n) is 2.65. The zero-order chi connectivity index (χ0) is 15.4. The normalized spacial score (nSPS) is 12.6. The molecule has 0 bridgehead atoms. The number of nitrogens with one attached hydrogen (secondary N) is 1. The first-order chi connectivity index (χ1) is 10.2. The lowest BCUT2D eigenvalue weighted by Crippen LogP contribution is -2.24. The van der Waals surface area contributed by atoms with Gasteiger partial charge in [0.1, 0.15) is 5.69 Å². The van der Waals surface area contributed by atoms with E-state index in [2.05, 4.69) is 42.4 Å². The van der Waals surface area contributed by atoms with Crippen LogP contribution in [0.25, 0.3) is 0 Å². The Balaban J connectivity index is 2.53. The van der Waals surface area contributed by atoms with Gasteiger partial charge in [-0.2, -0.15) is 10.2 Å². The molecule has 0 saturated heterocycles. The number of aromatic nitrogens is 4. The van der Waals surface area contributed by atoms with Crippen molar-refractivity contribution in [1.29, 1.82) is 0 Å². The predicted molar refractivity (Wildman–Crippen MR) is 82.6 cm³/mol. The molecule has 0 fully saturated rings. The lowest BCUT2D eigenvalue weighted by Gasteiger charge is -2.19. The van der Waals surface area contributed by atoms with E-state index in [4.69, 9.17) is 4.74 Å². The first-order valence-corrected chi connectivity index (χ1v) is 7.53. The summed E-state index contributed by atoms with van der Waals surface area (Å²) in [6, 6.07) is 2.17. The molecule has 2 aromatic rings. The van der Waals surface area contributed by atoms with Crippen LogP contribution in [0, 0.1) is 0 Å². The molecule has 2 aromatic heterocycles. The van der Waals surface area contributed by atoms with E-state index in [1.165, 1.54) is 0 Å². The van der Waals surface area contributed by atoms with E-state index in [-0.39, 0.29) is 6.04 Å². The molecule has 0 aliphatic heterocycles. The van der Waals surface area contributed by atoms with Gasteiger partial charge in [0.05, 0.1) is 30.7 Å². The highest BCUT2D eigenvalue weighted by molar-refractivity contribution is 5.34. The van der Waals surface area contributed by atoms with Crippen molar-refractivity contribution in [2.24, 2.45) is 0 Å². The average Bonchev–Trinajstić information content (AvgIpc) is 3.12. The summed E-state index contributed by atoms with van der Waals surface area (Å²) in [6.45, 7) is 7.96. The lowest BCUT2D eigenvalue weighted by molar-refractivity contribution is 0.398. The fourth-order valence-corrected chi connectivity index (χ4v) is 2.65. The second-order valence-corrected chi connectivity index (χ2v) is 4.87. The third-order valence-corrected chi connectivity index (χ3v) is 3.75. The Bertz CT molecular complexity index is 565. The number of hydrogen-bond donors (Lipinski definition) is 1. The SMILES string of the molecule is CCc1cc(C(NC)c2c(OC)cnn2CC)n(CC)n1.